The van der Waals surface area contributed by atoms with Gasteiger partial charge in [-0.25, -0.2) is 4.39 Å². The fraction of sp³-hybridized carbons (Fsp3) is 0.350. The number of benzene rings is 2. The maximum Gasteiger partial charge on any atom is 0.276 e. The standard InChI is InChI=1S/C20H23FN2O5/c1-4-27-18-7-6-14(10-19(18)28-5-2)8-9-22-20(24)15-11-16(21)13(3)17(12-15)23(25)26/h6-7,10-12H,4-5,8-9H2,1-3H3,(H,22,24). The Morgan fingerprint density at radius 2 is 1.82 bits per heavy atom. The van der Waals surface area contributed by atoms with Gasteiger partial charge in [0.05, 0.1) is 23.7 Å². The Bertz CT molecular complexity index is 870. The third-order valence-corrected chi connectivity index (χ3v) is 4.08. The Hall–Kier alpha value is -3.16. The second kappa shape index (κ2) is 9.68. The molecule has 28 heavy (non-hydrogen) atoms. The predicted molar refractivity (Wildman–Crippen MR) is 103 cm³/mol. The van der Waals surface area contributed by atoms with E-state index in [1.165, 1.54) is 6.92 Å². The number of carbonyl (C=O) groups excluding carboxylic acids is 1. The maximum absolute atomic E-state index is 13.9. The lowest BCUT2D eigenvalue weighted by molar-refractivity contribution is -0.385. The second-order valence-corrected chi connectivity index (χ2v) is 6.01. The van der Waals surface area contributed by atoms with E-state index in [2.05, 4.69) is 5.32 Å². The Balaban J connectivity index is 2.04. The highest BCUT2D eigenvalue weighted by atomic mass is 19.1. The molecule has 0 aromatic heterocycles. The Morgan fingerprint density at radius 3 is 2.46 bits per heavy atom. The van der Waals surface area contributed by atoms with Crippen LogP contribution in [0.15, 0.2) is 30.3 Å². The summed E-state index contributed by atoms with van der Waals surface area (Å²) >= 11 is 0. The van der Waals surface area contributed by atoms with Crippen molar-refractivity contribution in [1.29, 1.82) is 0 Å². The lowest BCUT2D eigenvalue weighted by Gasteiger charge is -2.12. The first-order chi connectivity index (χ1) is 13.4. The molecule has 0 aliphatic rings. The van der Waals surface area contributed by atoms with E-state index in [0.717, 1.165) is 17.7 Å². The molecule has 0 heterocycles. The van der Waals surface area contributed by atoms with Gasteiger partial charge in [0, 0.05) is 18.2 Å². The van der Waals surface area contributed by atoms with Gasteiger partial charge in [-0.3, -0.25) is 14.9 Å². The van der Waals surface area contributed by atoms with Gasteiger partial charge in [-0.2, -0.15) is 0 Å². The number of nitrogens with one attached hydrogen (secondary N) is 1. The Kier molecular flexibility index (Phi) is 7.31. The minimum atomic E-state index is -0.785. The molecule has 2 aromatic carbocycles. The molecule has 0 spiro atoms. The normalized spacial score (nSPS) is 10.4. The van der Waals surface area contributed by atoms with Gasteiger partial charge in [-0.15, -0.1) is 0 Å². The average Bonchev–Trinajstić information content (AvgIpc) is 2.65. The zero-order valence-electron chi connectivity index (χ0n) is 16.1. The summed E-state index contributed by atoms with van der Waals surface area (Å²) < 4.78 is 24.9. The SMILES string of the molecule is CCOc1ccc(CCNC(=O)c2cc(F)c(C)c([N+](=O)[O-])c2)cc1OCC. The Labute approximate surface area is 162 Å². The molecule has 0 saturated heterocycles. The van der Waals surface area contributed by atoms with E-state index in [4.69, 9.17) is 9.47 Å². The highest BCUT2D eigenvalue weighted by molar-refractivity contribution is 5.95. The maximum atomic E-state index is 13.9. The minimum absolute atomic E-state index is 0.0866. The van der Waals surface area contributed by atoms with Gasteiger partial charge in [0.25, 0.3) is 11.6 Å². The first-order valence-electron chi connectivity index (χ1n) is 8.98. The van der Waals surface area contributed by atoms with Crippen molar-refractivity contribution in [3.05, 3.63) is 63.0 Å². The van der Waals surface area contributed by atoms with Crippen LogP contribution in [0.3, 0.4) is 0 Å². The van der Waals surface area contributed by atoms with Gasteiger partial charge in [0.1, 0.15) is 5.82 Å². The van der Waals surface area contributed by atoms with Gasteiger partial charge < -0.3 is 14.8 Å². The van der Waals surface area contributed by atoms with Crippen LogP contribution < -0.4 is 14.8 Å². The van der Waals surface area contributed by atoms with Crippen molar-refractivity contribution in [2.75, 3.05) is 19.8 Å². The number of ether oxygens (including phenoxy) is 2. The fourth-order valence-electron chi connectivity index (χ4n) is 2.66. The number of amides is 1. The number of hydrogen-bond acceptors (Lipinski definition) is 5. The molecule has 0 radical (unpaired) electrons. The monoisotopic (exact) mass is 390 g/mol. The van der Waals surface area contributed by atoms with E-state index in [1.807, 2.05) is 32.0 Å². The first-order valence-corrected chi connectivity index (χ1v) is 8.98. The molecule has 2 aromatic rings. The summed E-state index contributed by atoms with van der Waals surface area (Å²) in [6.07, 6.45) is 0.509. The first kappa shape index (κ1) is 21.1. The summed E-state index contributed by atoms with van der Waals surface area (Å²) in [5, 5.41) is 13.6. The van der Waals surface area contributed by atoms with Crippen molar-refractivity contribution < 1.29 is 23.6 Å². The second-order valence-electron chi connectivity index (χ2n) is 6.01. The molecule has 0 aliphatic carbocycles. The van der Waals surface area contributed by atoms with E-state index in [-0.39, 0.29) is 17.7 Å². The summed E-state index contributed by atoms with van der Waals surface area (Å²) in [4.78, 5) is 22.5. The highest BCUT2D eigenvalue weighted by Crippen LogP contribution is 2.28. The molecule has 0 saturated carbocycles. The van der Waals surface area contributed by atoms with Crippen LogP contribution in [0.5, 0.6) is 11.5 Å². The summed E-state index contributed by atoms with van der Waals surface area (Å²) in [6, 6.07) is 7.61. The molecule has 8 heteroatoms. The summed E-state index contributed by atoms with van der Waals surface area (Å²) in [7, 11) is 0. The fourth-order valence-corrected chi connectivity index (χ4v) is 2.66. The molecule has 0 aliphatic heterocycles. The van der Waals surface area contributed by atoms with Crippen molar-refractivity contribution >= 4 is 11.6 Å². The van der Waals surface area contributed by atoms with E-state index in [0.29, 0.717) is 31.1 Å². The average molecular weight is 390 g/mol. The summed E-state index contributed by atoms with van der Waals surface area (Å²) in [5.74, 6) is -0.0748. The molecular formula is C20H23FN2O5. The van der Waals surface area contributed by atoms with Crippen molar-refractivity contribution in [2.24, 2.45) is 0 Å². The van der Waals surface area contributed by atoms with E-state index >= 15 is 0 Å². The van der Waals surface area contributed by atoms with E-state index < -0.39 is 22.3 Å². The highest BCUT2D eigenvalue weighted by Gasteiger charge is 2.19. The smallest absolute Gasteiger partial charge is 0.276 e. The van der Waals surface area contributed by atoms with Crippen molar-refractivity contribution in [3.63, 3.8) is 0 Å². The van der Waals surface area contributed by atoms with Crippen molar-refractivity contribution in [3.8, 4) is 11.5 Å². The molecule has 1 N–H and O–H groups in total. The summed E-state index contributed by atoms with van der Waals surface area (Å²) in [6.45, 7) is 6.37. The molecule has 0 fully saturated rings. The number of nitro benzene ring substituents is 1. The molecule has 1 amide bonds. The number of carbonyl (C=O) groups is 1. The summed E-state index contributed by atoms with van der Waals surface area (Å²) in [5.41, 5.74) is 0.321. The van der Waals surface area contributed by atoms with Crippen LogP contribution in [0, 0.1) is 22.9 Å². The minimum Gasteiger partial charge on any atom is -0.490 e. The molecule has 150 valence electrons. The van der Waals surface area contributed by atoms with Gasteiger partial charge in [-0.1, -0.05) is 6.07 Å². The molecule has 0 bridgehead atoms. The molecule has 0 unspecified atom stereocenters. The van der Waals surface area contributed by atoms with Crippen LogP contribution in [0.2, 0.25) is 0 Å². The third kappa shape index (κ3) is 5.18. The zero-order chi connectivity index (χ0) is 20.7. The number of rotatable bonds is 9. The Morgan fingerprint density at radius 1 is 1.14 bits per heavy atom. The predicted octanol–water partition coefficient (Wildman–Crippen LogP) is 3.81. The van der Waals surface area contributed by atoms with E-state index in [1.54, 1.807) is 0 Å². The molecular weight excluding hydrogens is 367 g/mol. The van der Waals surface area contributed by atoms with Crippen molar-refractivity contribution in [1.82, 2.24) is 5.32 Å². The van der Waals surface area contributed by atoms with Crippen molar-refractivity contribution in [2.45, 2.75) is 27.2 Å². The lowest BCUT2D eigenvalue weighted by atomic mass is 10.1. The van der Waals surface area contributed by atoms with Crippen LogP contribution in [-0.2, 0) is 6.42 Å². The number of halogens is 1. The quantitative estimate of drug-likeness (QED) is 0.519. The largest absolute Gasteiger partial charge is 0.490 e. The third-order valence-electron chi connectivity index (χ3n) is 4.08. The van der Waals surface area contributed by atoms with Crippen LogP contribution >= 0.6 is 0 Å². The van der Waals surface area contributed by atoms with Crippen LogP contribution in [0.4, 0.5) is 10.1 Å². The van der Waals surface area contributed by atoms with Gasteiger partial charge in [0.2, 0.25) is 0 Å². The van der Waals surface area contributed by atoms with Gasteiger partial charge >= 0.3 is 0 Å². The topological polar surface area (TPSA) is 90.7 Å². The van der Waals surface area contributed by atoms with E-state index in [9.17, 15) is 19.3 Å². The van der Waals surface area contributed by atoms with Gasteiger partial charge in [-0.05, 0) is 51.0 Å². The number of nitro groups is 1. The van der Waals surface area contributed by atoms with Gasteiger partial charge in [0.15, 0.2) is 11.5 Å². The molecule has 2 rings (SSSR count). The van der Waals surface area contributed by atoms with Crippen LogP contribution in [0.25, 0.3) is 0 Å². The number of hydrogen-bond donors (Lipinski definition) is 1. The zero-order valence-corrected chi connectivity index (χ0v) is 16.1. The molecule has 7 nitrogen and oxygen atoms in total. The molecule has 0 atom stereocenters. The lowest BCUT2D eigenvalue weighted by Crippen LogP contribution is -2.26. The van der Waals surface area contributed by atoms with Crippen LogP contribution in [0.1, 0.15) is 35.3 Å². The van der Waals surface area contributed by atoms with Crippen LogP contribution in [-0.4, -0.2) is 30.6 Å². The number of nitrogens with zero attached hydrogens (tertiary/aromatic N) is 1.